The van der Waals surface area contributed by atoms with Gasteiger partial charge in [0.2, 0.25) is 0 Å². The largest absolute Gasteiger partial charge is 0.465 e. The van der Waals surface area contributed by atoms with Gasteiger partial charge in [-0.05, 0) is 13.8 Å². The van der Waals surface area contributed by atoms with Crippen LogP contribution in [-0.2, 0) is 14.3 Å². The lowest BCUT2D eigenvalue weighted by Gasteiger charge is -2.26. The molecule has 4 nitrogen and oxygen atoms in total. The summed E-state index contributed by atoms with van der Waals surface area (Å²) in [5, 5.41) is 9.29. The molecule has 0 aliphatic carbocycles. The summed E-state index contributed by atoms with van der Waals surface area (Å²) < 4.78 is 9.58. The van der Waals surface area contributed by atoms with Crippen LogP contribution in [0.4, 0.5) is 0 Å². The molecule has 0 spiro atoms. The Bertz CT molecular complexity index is 217. The van der Waals surface area contributed by atoms with Gasteiger partial charge in [0.15, 0.2) is 0 Å². The monoisotopic (exact) mass is 314 g/mol. The molecule has 0 aromatic carbocycles. The van der Waals surface area contributed by atoms with Crippen molar-refractivity contribution in [3.05, 3.63) is 0 Å². The maximum Gasteiger partial charge on any atom is 0.324 e. The van der Waals surface area contributed by atoms with Crippen molar-refractivity contribution in [3.63, 3.8) is 0 Å². The molecule has 1 heterocycles. The Morgan fingerprint density at radius 1 is 1.79 bits per heavy atom. The number of carbonyl (C=O) groups excluding carboxylic acids is 1. The quantitative estimate of drug-likeness (QED) is 0.478. The van der Waals surface area contributed by atoms with Gasteiger partial charge in [-0.1, -0.05) is 22.6 Å². The zero-order chi connectivity index (χ0) is 10.8. The van der Waals surface area contributed by atoms with E-state index < -0.39 is 9.53 Å². The van der Waals surface area contributed by atoms with Gasteiger partial charge >= 0.3 is 5.97 Å². The molecule has 1 saturated heterocycles. The molecule has 1 rings (SSSR count). The lowest BCUT2D eigenvalue weighted by Crippen LogP contribution is -2.42. The first kappa shape index (κ1) is 12.2. The molecule has 14 heavy (non-hydrogen) atoms. The van der Waals surface area contributed by atoms with Crippen LogP contribution in [0.15, 0.2) is 0 Å². The second-order valence-electron chi connectivity index (χ2n) is 3.51. The van der Waals surface area contributed by atoms with Crippen molar-refractivity contribution in [2.75, 3.05) is 13.2 Å². The van der Waals surface area contributed by atoms with Gasteiger partial charge in [-0.3, -0.25) is 4.79 Å². The maximum absolute atomic E-state index is 11.6. The van der Waals surface area contributed by atoms with Crippen molar-refractivity contribution >= 4 is 28.6 Å². The molecule has 0 aromatic rings. The van der Waals surface area contributed by atoms with Crippen LogP contribution in [0, 0.1) is 0 Å². The van der Waals surface area contributed by atoms with E-state index in [-0.39, 0.29) is 12.1 Å². The van der Waals surface area contributed by atoms with Crippen LogP contribution in [0.3, 0.4) is 0 Å². The molecule has 1 fully saturated rings. The fourth-order valence-electron chi connectivity index (χ4n) is 1.39. The van der Waals surface area contributed by atoms with Crippen LogP contribution in [0.2, 0.25) is 0 Å². The zero-order valence-electron chi connectivity index (χ0n) is 8.33. The minimum absolute atomic E-state index is 0.253. The predicted molar refractivity (Wildman–Crippen MR) is 59.4 cm³/mol. The Morgan fingerprint density at radius 3 is 2.86 bits per heavy atom. The molecule has 0 aromatic heterocycles. The summed E-state index contributed by atoms with van der Waals surface area (Å²) in [6.45, 7) is 4.22. The SMILES string of the molecule is CCOC(=O)[C@@](C)(I)[C@@H]1C[C@@H](O)CO1. The third-order valence-corrected chi connectivity index (χ3v) is 3.39. The number of hydrogen-bond acceptors (Lipinski definition) is 4. The molecule has 82 valence electrons. The average molecular weight is 314 g/mol. The molecule has 1 aliphatic heterocycles. The number of halogens is 1. The van der Waals surface area contributed by atoms with Crippen molar-refractivity contribution in [2.45, 2.75) is 35.9 Å². The molecule has 0 saturated carbocycles. The van der Waals surface area contributed by atoms with Crippen molar-refractivity contribution in [2.24, 2.45) is 0 Å². The number of alkyl halides is 1. The van der Waals surface area contributed by atoms with E-state index in [0.717, 1.165) is 0 Å². The highest BCUT2D eigenvalue weighted by Gasteiger charge is 2.44. The topological polar surface area (TPSA) is 55.8 Å². The van der Waals surface area contributed by atoms with Crippen molar-refractivity contribution in [3.8, 4) is 0 Å². The molecule has 1 N–H and O–H groups in total. The third-order valence-electron chi connectivity index (χ3n) is 2.26. The molecule has 0 radical (unpaired) electrons. The number of ether oxygens (including phenoxy) is 2. The molecule has 1 aliphatic rings. The van der Waals surface area contributed by atoms with Gasteiger partial charge < -0.3 is 14.6 Å². The molecule has 3 atom stereocenters. The van der Waals surface area contributed by atoms with Crippen LogP contribution in [-0.4, -0.2) is 39.9 Å². The summed E-state index contributed by atoms with van der Waals surface area (Å²) in [6.07, 6.45) is -0.209. The first-order valence-corrected chi connectivity index (χ1v) is 5.72. The normalized spacial score (nSPS) is 31.1. The Labute approximate surface area is 97.1 Å². The molecule has 0 bridgehead atoms. The lowest BCUT2D eigenvalue weighted by atomic mass is 10.0. The predicted octanol–water partition coefficient (Wildman–Crippen LogP) is 0.893. The van der Waals surface area contributed by atoms with E-state index in [1.807, 2.05) is 22.6 Å². The molecule has 0 amide bonds. The van der Waals surface area contributed by atoms with E-state index in [2.05, 4.69) is 0 Å². The van der Waals surface area contributed by atoms with E-state index in [1.165, 1.54) is 0 Å². The van der Waals surface area contributed by atoms with Crippen LogP contribution in [0.5, 0.6) is 0 Å². The zero-order valence-corrected chi connectivity index (χ0v) is 10.5. The molecule has 5 heteroatoms. The standard InChI is InChI=1S/C9H15IO4/c1-3-13-8(12)9(2,10)7-4-6(11)5-14-7/h6-7,11H,3-5H2,1-2H3/t6-,7+,9+/m1/s1. The van der Waals surface area contributed by atoms with Crippen LogP contribution in [0.25, 0.3) is 0 Å². The van der Waals surface area contributed by atoms with E-state index in [4.69, 9.17) is 9.47 Å². The van der Waals surface area contributed by atoms with Gasteiger partial charge in [0, 0.05) is 6.42 Å². The van der Waals surface area contributed by atoms with Crippen LogP contribution >= 0.6 is 22.6 Å². The Balaban J connectivity index is 2.59. The fraction of sp³-hybridized carbons (Fsp3) is 0.889. The number of rotatable bonds is 3. The minimum atomic E-state index is -0.703. The highest BCUT2D eigenvalue weighted by molar-refractivity contribution is 14.1. The number of esters is 1. The van der Waals surface area contributed by atoms with Gasteiger partial charge in [0.05, 0.1) is 25.4 Å². The summed E-state index contributed by atoms with van der Waals surface area (Å²) in [5.74, 6) is -0.278. The number of carbonyl (C=O) groups is 1. The van der Waals surface area contributed by atoms with E-state index in [9.17, 15) is 9.90 Å². The summed E-state index contributed by atoms with van der Waals surface area (Å²) in [6, 6.07) is 0. The summed E-state index contributed by atoms with van der Waals surface area (Å²) in [5.41, 5.74) is 0. The third kappa shape index (κ3) is 2.58. The van der Waals surface area contributed by atoms with E-state index in [0.29, 0.717) is 19.6 Å². The van der Waals surface area contributed by atoms with E-state index in [1.54, 1.807) is 13.8 Å². The smallest absolute Gasteiger partial charge is 0.324 e. The first-order valence-electron chi connectivity index (χ1n) is 4.64. The highest BCUT2D eigenvalue weighted by Crippen LogP contribution is 2.33. The van der Waals surface area contributed by atoms with E-state index >= 15 is 0 Å². The van der Waals surface area contributed by atoms with Crippen molar-refractivity contribution in [1.82, 2.24) is 0 Å². The van der Waals surface area contributed by atoms with Crippen LogP contribution < -0.4 is 0 Å². The first-order chi connectivity index (χ1) is 6.48. The number of aliphatic hydroxyl groups excluding tert-OH is 1. The minimum Gasteiger partial charge on any atom is -0.465 e. The molecular weight excluding hydrogens is 299 g/mol. The van der Waals surface area contributed by atoms with Gasteiger partial charge in [-0.25, -0.2) is 0 Å². The Hall–Kier alpha value is 0.120. The number of aliphatic hydroxyl groups is 1. The summed E-state index contributed by atoms with van der Waals surface area (Å²) >= 11 is 2.03. The second kappa shape index (κ2) is 4.76. The molecule has 0 unspecified atom stereocenters. The molecular formula is C9H15IO4. The fourth-order valence-corrected chi connectivity index (χ4v) is 1.98. The second-order valence-corrected chi connectivity index (χ2v) is 5.75. The number of hydrogen-bond donors (Lipinski definition) is 1. The van der Waals surface area contributed by atoms with Crippen LogP contribution in [0.1, 0.15) is 20.3 Å². The van der Waals surface area contributed by atoms with Gasteiger partial charge in [0.25, 0.3) is 0 Å². The van der Waals surface area contributed by atoms with Gasteiger partial charge in [0.1, 0.15) is 3.42 Å². The Morgan fingerprint density at radius 2 is 2.43 bits per heavy atom. The summed E-state index contributed by atoms with van der Waals surface area (Å²) in [7, 11) is 0. The maximum atomic E-state index is 11.6. The average Bonchev–Trinajstić information content (AvgIpc) is 2.52. The van der Waals surface area contributed by atoms with Crippen molar-refractivity contribution < 1.29 is 19.4 Å². The van der Waals surface area contributed by atoms with Gasteiger partial charge in [-0.2, -0.15) is 0 Å². The summed E-state index contributed by atoms with van der Waals surface area (Å²) in [4.78, 5) is 11.6. The van der Waals surface area contributed by atoms with Gasteiger partial charge in [-0.15, -0.1) is 0 Å². The van der Waals surface area contributed by atoms with Crippen molar-refractivity contribution in [1.29, 1.82) is 0 Å². The Kier molecular flexibility index (Phi) is 4.15. The highest BCUT2D eigenvalue weighted by atomic mass is 127. The lowest BCUT2D eigenvalue weighted by molar-refractivity contribution is -0.148.